The van der Waals surface area contributed by atoms with Crippen molar-refractivity contribution in [3.63, 3.8) is 0 Å². The molecule has 2 bridgehead atoms. The molecule has 3 heterocycles. The molecule has 3 saturated heterocycles. The highest BCUT2D eigenvalue weighted by Gasteiger charge is 2.74. The molecule has 0 radical (unpaired) electrons. The number of carbonyl (C=O) groups is 2. The quantitative estimate of drug-likeness (QED) is 0.569. The van der Waals surface area contributed by atoms with Gasteiger partial charge < -0.3 is 14.9 Å². The molecule has 3 saturated carbocycles. The second-order valence-corrected chi connectivity index (χ2v) is 15.0. The van der Waals surface area contributed by atoms with Crippen LogP contribution in [-0.4, -0.2) is 57.4 Å². The smallest absolute Gasteiger partial charge is 0.303 e. The van der Waals surface area contributed by atoms with Crippen LogP contribution < -0.4 is 0 Å². The molecule has 3 aliphatic heterocycles. The molecular formula is C30H47NO5. The van der Waals surface area contributed by atoms with Crippen LogP contribution in [0.15, 0.2) is 0 Å². The predicted molar refractivity (Wildman–Crippen MR) is 136 cm³/mol. The van der Waals surface area contributed by atoms with E-state index in [4.69, 9.17) is 4.74 Å². The van der Waals surface area contributed by atoms with Gasteiger partial charge >= 0.3 is 5.97 Å². The first-order chi connectivity index (χ1) is 16.8. The van der Waals surface area contributed by atoms with E-state index >= 15 is 0 Å². The van der Waals surface area contributed by atoms with E-state index in [1.807, 2.05) is 6.92 Å². The fraction of sp³-hybridized carbons (Fsp3) is 0.933. The molecule has 13 atom stereocenters. The van der Waals surface area contributed by atoms with Crippen molar-refractivity contribution in [2.75, 3.05) is 6.54 Å². The van der Waals surface area contributed by atoms with Gasteiger partial charge in [0.1, 0.15) is 11.5 Å². The molecule has 202 valence electrons. The fourth-order valence-electron chi connectivity index (χ4n) is 11.4. The van der Waals surface area contributed by atoms with Gasteiger partial charge in [-0.05, 0) is 84.9 Å². The molecule has 2 N–H and O–H groups in total. The van der Waals surface area contributed by atoms with Gasteiger partial charge in [0.25, 0.3) is 0 Å². The van der Waals surface area contributed by atoms with Crippen LogP contribution in [0.3, 0.4) is 0 Å². The van der Waals surface area contributed by atoms with Crippen LogP contribution in [0.25, 0.3) is 0 Å². The molecule has 6 heteroatoms. The Balaban J connectivity index is 1.51. The normalized spacial score (nSPS) is 58.4. The number of fused-ring (bicyclic) bond motifs is 6. The molecule has 0 aromatic carbocycles. The molecule has 6 rings (SSSR count). The number of ketones is 1. The van der Waals surface area contributed by atoms with Crippen molar-refractivity contribution in [2.45, 2.75) is 117 Å². The van der Waals surface area contributed by atoms with Crippen molar-refractivity contribution in [3.05, 3.63) is 0 Å². The number of carboxylic acid groups (broad SMARTS) is 1. The number of Topliss-reactive ketones (excluding diaryl/α,β-unsaturated/α-hetero) is 1. The second kappa shape index (κ2) is 7.79. The van der Waals surface area contributed by atoms with Crippen LogP contribution in [0, 0.1) is 51.8 Å². The number of aliphatic hydroxyl groups excluding tert-OH is 1. The van der Waals surface area contributed by atoms with Crippen molar-refractivity contribution in [2.24, 2.45) is 51.8 Å². The molecule has 6 nitrogen and oxygen atoms in total. The minimum atomic E-state index is -0.799. The van der Waals surface area contributed by atoms with Gasteiger partial charge in [-0.3, -0.25) is 14.5 Å². The van der Waals surface area contributed by atoms with Gasteiger partial charge in [-0.25, -0.2) is 0 Å². The summed E-state index contributed by atoms with van der Waals surface area (Å²) in [6.07, 6.45) is 6.46. The second-order valence-electron chi connectivity index (χ2n) is 15.0. The topological polar surface area (TPSA) is 87.1 Å². The van der Waals surface area contributed by atoms with Crippen molar-refractivity contribution >= 4 is 11.8 Å². The lowest BCUT2D eigenvalue weighted by Crippen LogP contribution is -2.75. The van der Waals surface area contributed by atoms with Crippen molar-refractivity contribution in [1.29, 1.82) is 0 Å². The SMILES string of the molecule is CC1CC2C([C@@H](O)C1)[C@@H](C)C(=O)[C@H]1[C@@]2(C)C[C@@H]2N3C[C@H]4C[C@H](C)C[C@]3(CC[C@@]2(C)[C@@]1(C)CC(=O)O)O4. The van der Waals surface area contributed by atoms with E-state index in [-0.39, 0.29) is 64.6 Å². The van der Waals surface area contributed by atoms with E-state index in [1.54, 1.807) is 0 Å². The Morgan fingerprint density at radius 3 is 2.47 bits per heavy atom. The number of hydrogen-bond donors (Lipinski definition) is 2. The summed E-state index contributed by atoms with van der Waals surface area (Å²) >= 11 is 0. The maximum Gasteiger partial charge on any atom is 0.303 e. The molecule has 6 aliphatic rings. The molecule has 0 aromatic rings. The summed E-state index contributed by atoms with van der Waals surface area (Å²) in [6.45, 7) is 14.3. The summed E-state index contributed by atoms with van der Waals surface area (Å²) < 4.78 is 6.75. The van der Waals surface area contributed by atoms with Gasteiger partial charge in [-0.15, -0.1) is 0 Å². The first-order valence-electron chi connectivity index (χ1n) is 14.6. The number of rotatable bonds is 2. The van der Waals surface area contributed by atoms with Crippen LogP contribution in [-0.2, 0) is 14.3 Å². The molecular weight excluding hydrogens is 454 g/mol. The number of carboxylic acids is 1. The average Bonchev–Trinajstić information content (AvgIpc) is 3.03. The predicted octanol–water partition coefficient (Wildman–Crippen LogP) is 4.73. The lowest BCUT2D eigenvalue weighted by atomic mass is 9.34. The Bertz CT molecular complexity index is 969. The third kappa shape index (κ3) is 3.07. The Morgan fingerprint density at radius 1 is 1.06 bits per heavy atom. The Labute approximate surface area is 216 Å². The molecule has 6 fully saturated rings. The van der Waals surface area contributed by atoms with Crippen molar-refractivity contribution in [3.8, 4) is 0 Å². The maximum atomic E-state index is 14.4. The number of carbonyl (C=O) groups excluding carboxylic acids is 1. The minimum Gasteiger partial charge on any atom is -0.481 e. The third-order valence-corrected chi connectivity index (χ3v) is 12.9. The van der Waals surface area contributed by atoms with Gasteiger partial charge in [0.2, 0.25) is 0 Å². The van der Waals surface area contributed by atoms with Crippen LogP contribution in [0.4, 0.5) is 0 Å². The zero-order chi connectivity index (χ0) is 26.0. The summed E-state index contributed by atoms with van der Waals surface area (Å²) in [6, 6.07) is 0.184. The van der Waals surface area contributed by atoms with E-state index in [0.29, 0.717) is 11.8 Å². The number of aliphatic hydroxyl groups is 1. The van der Waals surface area contributed by atoms with Crippen LogP contribution in [0.1, 0.15) is 92.9 Å². The first-order valence-corrected chi connectivity index (χ1v) is 14.6. The highest BCUT2D eigenvalue weighted by atomic mass is 16.5. The zero-order valence-electron chi connectivity index (χ0n) is 23.1. The van der Waals surface area contributed by atoms with Gasteiger partial charge in [-0.1, -0.05) is 41.5 Å². The average molecular weight is 502 g/mol. The number of aliphatic carboxylic acids is 1. The summed E-state index contributed by atoms with van der Waals surface area (Å²) in [7, 11) is 0. The molecule has 1 spiro atoms. The lowest BCUT2D eigenvalue weighted by Gasteiger charge is -2.72. The summed E-state index contributed by atoms with van der Waals surface area (Å²) in [5, 5.41) is 21.5. The van der Waals surface area contributed by atoms with Gasteiger partial charge in [0.05, 0.1) is 18.6 Å². The molecule has 3 aliphatic carbocycles. The molecule has 36 heavy (non-hydrogen) atoms. The zero-order valence-corrected chi connectivity index (χ0v) is 23.1. The van der Waals surface area contributed by atoms with Crippen LogP contribution in [0.2, 0.25) is 0 Å². The van der Waals surface area contributed by atoms with E-state index in [9.17, 15) is 19.8 Å². The van der Waals surface area contributed by atoms with Gasteiger partial charge in [0, 0.05) is 24.4 Å². The van der Waals surface area contributed by atoms with E-state index < -0.39 is 17.5 Å². The number of nitrogens with zero attached hydrogens (tertiary/aromatic N) is 1. The van der Waals surface area contributed by atoms with Gasteiger partial charge in [-0.2, -0.15) is 0 Å². The lowest BCUT2D eigenvalue weighted by molar-refractivity contribution is -0.269. The fourth-order valence-corrected chi connectivity index (χ4v) is 11.4. The van der Waals surface area contributed by atoms with E-state index in [2.05, 4.69) is 39.5 Å². The Kier molecular flexibility index (Phi) is 5.47. The molecule has 0 aromatic heterocycles. The molecule has 0 amide bonds. The van der Waals surface area contributed by atoms with Crippen molar-refractivity contribution < 1.29 is 24.5 Å². The monoisotopic (exact) mass is 501 g/mol. The van der Waals surface area contributed by atoms with E-state index in [0.717, 1.165) is 51.5 Å². The summed E-state index contributed by atoms with van der Waals surface area (Å²) in [5.74, 6) is 0.123. The van der Waals surface area contributed by atoms with Crippen LogP contribution >= 0.6 is 0 Å². The Hall–Kier alpha value is -0.980. The first kappa shape index (κ1) is 25.3. The van der Waals surface area contributed by atoms with Crippen molar-refractivity contribution in [1.82, 2.24) is 4.90 Å². The van der Waals surface area contributed by atoms with E-state index in [1.165, 1.54) is 0 Å². The molecule has 3 unspecified atom stereocenters. The highest BCUT2D eigenvalue weighted by molar-refractivity contribution is 5.87. The third-order valence-electron chi connectivity index (χ3n) is 12.9. The number of hydrogen-bond acceptors (Lipinski definition) is 5. The summed E-state index contributed by atoms with van der Waals surface area (Å²) in [4.78, 5) is 29.5. The number of piperidine rings is 1. The standard InChI is InChI=1S/C30H47NO5/c1-16-10-20-24(21(32)11-16)18(3)25(35)26-27(20,4)13-22-28(5,29(26,6)14-23(33)34)7-8-30-12-17(2)9-19(36-30)15-31(22)30/h16-22,24,26,32H,7-15H2,1-6H3,(H,33,34)/t16?,17-,18+,19+,20?,21-,22-,24?,26-,27-,28+,29-,30-/m0/s1. The largest absolute Gasteiger partial charge is 0.481 e. The minimum absolute atomic E-state index is 0.0236. The highest BCUT2D eigenvalue weighted by Crippen LogP contribution is 2.73. The number of ether oxygens (including phenoxy) is 1. The van der Waals surface area contributed by atoms with Crippen LogP contribution in [0.5, 0.6) is 0 Å². The Morgan fingerprint density at radius 2 is 1.78 bits per heavy atom. The summed E-state index contributed by atoms with van der Waals surface area (Å²) in [5.41, 5.74) is -1.50. The maximum absolute atomic E-state index is 14.4. The van der Waals surface area contributed by atoms with Gasteiger partial charge in [0.15, 0.2) is 0 Å².